The second-order valence-electron chi connectivity index (χ2n) is 8.53. The standard InChI is InChI=1S/C24H27Cl2N5O/c1-15(21(32)18-7-10-29-23(26)20(18)25)30-14-19(28-2)31-11-8-24(9-12-31)13-16-5-3-4-6-17(16)22(24)27/h3-7,10,14,21-22,32H,2,8-9,11-13,27H2,1H3/b19-14+,30-15?/t21?,22-/m1/s1. The van der Waals surface area contributed by atoms with Gasteiger partial charge in [0.25, 0.3) is 0 Å². The molecule has 168 valence electrons. The molecule has 8 heteroatoms. The Kier molecular flexibility index (Phi) is 6.67. The van der Waals surface area contributed by atoms with Crippen LogP contribution in [0.3, 0.4) is 0 Å². The lowest BCUT2D eigenvalue weighted by Gasteiger charge is -2.42. The van der Waals surface area contributed by atoms with Gasteiger partial charge in [-0.25, -0.2) is 9.98 Å². The molecule has 32 heavy (non-hydrogen) atoms. The molecule has 3 N–H and O–H groups in total. The van der Waals surface area contributed by atoms with Crippen LogP contribution < -0.4 is 5.73 Å². The Morgan fingerprint density at radius 2 is 2.03 bits per heavy atom. The summed E-state index contributed by atoms with van der Waals surface area (Å²) in [4.78, 5) is 14.7. The third-order valence-corrected chi connectivity index (χ3v) is 7.57. The van der Waals surface area contributed by atoms with Crippen molar-refractivity contribution in [1.82, 2.24) is 9.88 Å². The molecule has 1 aromatic heterocycles. The topological polar surface area (TPSA) is 87.1 Å². The van der Waals surface area contributed by atoms with Crippen molar-refractivity contribution in [3.8, 4) is 0 Å². The van der Waals surface area contributed by atoms with E-state index in [4.69, 9.17) is 28.9 Å². The van der Waals surface area contributed by atoms with E-state index in [0.29, 0.717) is 17.1 Å². The number of aromatic nitrogens is 1. The first-order chi connectivity index (χ1) is 15.4. The molecule has 1 unspecified atom stereocenters. The van der Waals surface area contributed by atoms with Crippen molar-refractivity contribution < 1.29 is 5.11 Å². The highest BCUT2D eigenvalue weighted by molar-refractivity contribution is 6.41. The summed E-state index contributed by atoms with van der Waals surface area (Å²) < 4.78 is 0. The highest BCUT2D eigenvalue weighted by Gasteiger charge is 2.45. The van der Waals surface area contributed by atoms with Crippen LogP contribution in [0.25, 0.3) is 0 Å². The summed E-state index contributed by atoms with van der Waals surface area (Å²) in [5, 5.41) is 11.0. The van der Waals surface area contributed by atoms with Crippen LogP contribution in [-0.4, -0.2) is 40.5 Å². The fourth-order valence-corrected chi connectivity index (χ4v) is 5.19. The van der Waals surface area contributed by atoms with Gasteiger partial charge in [0.05, 0.1) is 11.2 Å². The molecule has 1 saturated heterocycles. The summed E-state index contributed by atoms with van der Waals surface area (Å²) in [5.74, 6) is 0.675. The van der Waals surface area contributed by atoms with Crippen molar-refractivity contribution in [3.05, 3.63) is 75.4 Å². The molecule has 6 nitrogen and oxygen atoms in total. The van der Waals surface area contributed by atoms with Gasteiger partial charge in [-0.1, -0.05) is 47.5 Å². The molecule has 2 aliphatic rings. The Labute approximate surface area is 198 Å². The van der Waals surface area contributed by atoms with Gasteiger partial charge in [-0.15, -0.1) is 0 Å². The van der Waals surface area contributed by atoms with E-state index in [1.165, 1.54) is 17.3 Å². The number of piperidine rings is 1. The number of aliphatic hydroxyl groups excluding tert-OH is 1. The molecule has 2 heterocycles. The maximum Gasteiger partial charge on any atom is 0.147 e. The Morgan fingerprint density at radius 1 is 1.31 bits per heavy atom. The first-order valence-electron chi connectivity index (χ1n) is 10.6. The predicted molar refractivity (Wildman–Crippen MR) is 130 cm³/mol. The first-order valence-corrected chi connectivity index (χ1v) is 11.4. The van der Waals surface area contributed by atoms with Crippen LogP contribution in [0, 0.1) is 5.41 Å². The second-order valence-corrected chi connectivity index (χ2v) is 9.26. The van der Waals surface area contributed by atoms with Gasteiger partial charge in [0.1, 0.15) is 17.1 Å². The highest BCUT2D eigenvalue weighted by Crippen LogP contribution is 2.50. The molecular formula is C24H27Cl2N5O. The van der Waals surface area contributed by atoms with E-state index in [-0.39, 0.29) is 21.6 Å². The van der Waals surface area contributed by atoms with Crippen molar-refractivity contribution in [3.63, 3.8) is 0 Å². The fourth-order valence-electron chi connectivity index (χ4n) is 4.81. The largest absolute Gasteiger partial charge is 0.382 e. The molecule has 0 radical (unpaired) electrons. The maximum atomic E-state index is 10.6. The lowest BCUT2D eigenvalue weighted by atomic mass is 9.73. The zero-order valence-electron chi connectivity index (χ0n) is 18.0. The van der Waals surface area contributed by atoms with Gasteiger partial charge in [0.2, 0.25) is 0 Å². The van der Waals surface area contributed by atoms with E-state index in [9.17, 15) is 5.11 Å². The minimum absolute atomic E-state index is 0.0670. The van der Waals surface area contributed by atoms with Crippen molar-refractivity contribution in [2.24, 2.45) is 21.1 Å². The summed E-state index contributed by atoms with van der Waals surface area (Å²) >= 11 is 12.1. The third kappa shape index (κ3) is 4.20. The number of halogens is 2. The number of hydrogen-bond acceptors (Lipinski definition) is 6. The highest BCUT2D eigenvalue weighted by atomic mass is 35.5. The molecule has 0 amide bonds. The summed E-state index contributed by atoms with van der Waals surface area (Å²) in [6.07, 6.45) is 5.13. The molecular weight excluding hydrogens is 445 g/mol. The second kappa shape index (κ2) is 9.32. The maximum absolute atomic E-state index is 10.6. The lowest BCUT2D eigenvalue weighted by molar-refractivity contribution is 0.109. The van der Waals surface area contributed by atoms with Crippen molar-refractivity contribution >= 4 is 35.6 Å². The van der Waals surface area contributed by atoms with Gasteiger partial charge < -0.3 is 15.7 Å². The van der Waals surface area contributed by atoms with Crippen LogP contribution in [0.5, 0.6) is 0 Å². The SMILES string of the molecule is C=N/C(=C\N=C(C)C(O)c1ccnc(Cl)c1Cl)N1CCC2(CC1)Cc1ccccc1[C@H]2N. The van der Waals surface area contributed by atoms with Crippen LogP contribution in [-0.2, 0) is 6.42 Å². The smallest absolute Gasteiger partial charge is 0.147 e. The van der Waals surface area contributed by atoms with Crippen LogP contribution >= 0.6 is 23.2 Å². The van der Waals surface area contributed by atoms with Crippen LogP contribution in [0.15, 0.2) is 58.5 Å². The van der Waals surface area contributed by atoms with E-state index >= 15 is 0 Å². The van der Waals surface area contributed by atoms with Gasteiger partial charge in [0.15, 0.2) is 0 Å². The summed E-state index contributed by atoms with van der Waals surface area (Å²) in [6, 6.07) is 10.2. The molecule has 1 aliphatic carbocycles. The average molecular weight is 472 g/mol. The zero-order valence-corrected chi connectivity index (χ0v) is 19.5. The van der Waals surface area contributed by atoms with Crippen molar-refractivity contribution in [2.75, 3.05) is 13.1 Å². The van der Waals surface area contributed by atoms with E-state index in [1.54, 1.807) is 19.2 Å². The predicted octanol–water partition coefficient (Wildman–Crippen LogP) is 4.72. The number of rotatable bonds is 5. The van der Waals surface area contributed by atoms with Crippen LogP contribution in [0.2, 0.25) is 10.2 Å². The van der Waals surface area contributed by atoms with Crippen LogP contribution in [0.1, 0.15) is 48.6 Å². The van der Waals surface area contributed by atoms with E-state index in [0.717, 1.165) is 32.4 Å². The number of likely N-dealkylation sites (tertiary alicyclic amines) is 1. The molecule has 2 aromatic rings. The molecule has 0 saturated carbocycles. The zero-order chi connectivity index (χ0) is 22.9. The first kappa shape index (κ1) is 22.9. The Balaban J connectivity index is 1.46. The number of nitrogens with two attached hydrogens (primary N) is 1. The van der Waals surface area contributed by atoms with E-state index < -0.39 is 6.10 Å². The number of benzene rings is 1. The normalized spacial score (nSPS) is 21.5. The quantitative estimate of drug-likeness (QED) is 0.487. The van der Waals surface area contributed by atoms with Gasteiger partial charge >= 0.3 is 0 Å². The third-order valence-electron chi connectivity index (χ3n) is 6.79. The van der Waals surface area contributed by atoms with Gasteiger partial charge in [0, 0.05) is 36.6 Å². The molecule has 1 fully saturated rings. The average Bonchev–Trinajstić information content (AvgIpc) is 3.08. The number of aliphatic hydroxyl groups is 1. The Morgan fingerprint density at radius 3 is 2.72 bits per heavy atom. The lowest BCUT2D eigenvalue weighted by Crippen LogP contribution is -2.43. The van der Waals surface area contributed by atoms with Crippen molar-refractivity contribution in [2.45, 2.75) is 38.3 Å². The van der Waals surface area contributed by atoms with Gasteiger partial charge in [-0.2, -0.15) is 0 Å². The monoisotopic (exact) mass is 471 g/mol. The molecule has 1 spiro atoms. The summed E-state index contributed by atoms with van der Waals surface area (Å²) in [7, 11) is 0. The minimum Gasteiger partial charge on any atom is -0.382 e. The molecule has 4 rings (SSSR count). The number of aliphatic imine (C=N–C) groups is 2. The molecule has 1 aromatic carbocycles. The number of nitrogens with zero attached hydrogens (tertiary/aromatic N) is 4. The van der Waals surface area contributed by atoms with Crippen LogP contribution in [0.4, 0.5) is 0 Å². The van der Waals surface area contributed by atoms with E-state index in [2.05, 4.69) is 50.9 Å². The summed E-state index contributed by atoms with van der Waals surface area (Å²) in [6.45, 7) is 7.10. The number of fused-ring (bicyclic) bond motifs is 1. The summed E-state index contributed by atoms with van der Waals surface area (Å²) in [5.41, 5.74) is 10.4. The minimum atomic E-state index is -0.995. The molecule has 2 atom stereocenters. The number of hydrogen-bond donors (Lipinski definition) is 2. The van der Waals surface area contributed by atoms with Crippen molar-refractivity contribution in [1.29, 1.82) is 0 Å². The Bertz CT molecular complexity index is 1080. The van der Waals surface area contributed by atoms with E-state index in [1.807, 2.05) is 0 Å². The molecule has 0 bridgehead atoms. The number of pyridine rings is 1. The fraction of sp³-hybridized carbons (Fsp3) is 0.375. The van der Waals surface area contributed by atoms with Gasteiger partial charge in [-0.05, 0) is 55.5 Å². The van der Waals surface area contributed by atoms with Gasteiger partial charge in [-0.3, -0.25) is 4.99 Å². The molecule has 1 aliphatic heterocycles. The Hall–Kier alpha value is -2.25.